The summed E-state index contributed by atoms with van der Waals surface area (Å²) in [5, 5.41) is 3.16. The van der Waals surface area contributed by atoms with Crippen molar-refractivity contribution in [2.24, 2.45) is 5.73 Å². The molecule has 0 atom stereocenters. The van der Waals surface area contributed by atoms with E-state index in [-0.39, 0.29) is 0 Å². The van der Waals surface area contributed by atoms with Gasteiger partial charge in [0, 0.05) is 37.0 Å². The molecule has 0 radical (unpaired) electrons. The van der Waals surface area contributed by atoms with Crippen LogP contribution in [0.5, 0.6) is 11.5 Å². The normalized spacial score (nSPS) is 9.64. The first-order valence-electron chi connectivity index (χ1n) is 4.47. The average Bonchev–Trinajstić information content (AvgIpc) is 2.25. The Kier molecular flexibility index (Phi) is 4.07. The predicted molar refractivity (Wildman–Crippen MR) is 57.1 cm³/mol. The fourth-order valence-corrected chi connectivity index (χ4v) is 1.13. The molecule has 0 aliphatic heterocycles. The summed E-state index contributed by atoms with van der Waals surface area (Å²) in [6, 6.07) is 5.63. The molecule has 0 aliphatic carbocycles. The minimum Gasteiger partial charge on any atom is -0.497 e. The molecule has 0 unspecified atom stereocenters. The van der Waals surface area contributed by atoms with E-state index in [1.54, 1.807) is 14.2 Å². The minimum atomic E-state index is 0.597. The summed E-state index contributed by atoms with van der Waals surface area (Å²) in [7, 11) is 3.25. The van der Waals surface area contributed by atoms with E-state index in [1.807, 2.05) is 18.2 Å². The van der Waals surface area contributed by atoms with Crippen LogP contribution in [0.25, 0.3) is 0 Å². The Bertz CT molecular complexity index is 267. The summed E-state index contributed by atoms with van der Waals surface area (Å²) < 4.78 is 10.3. The molecule has 0 spiro atoms. The van der Waals surface area contributed by atoms with Crippen LogP contribution in [0.1, 0.15) is 0 Å². The van der Waals surface area contributed by atoms with E-state index in [9.17, 15) is 0 Å². The zero-order valence-electron chi connectivity index (χ0n) is 8.54. The van der Waals surface area contributed by atoms with Crippen LogP contribution < -0.4 is 20.5 Å². The third kappa shape index (κ3) is 2.81. The highest BCUT2D eigenvalue weighted by Crippen LogP contribution is 2.25. The average molecular weight is 196 g/mol. The topological polar surface area (TPSA) is 56.5 Å². The highest BCUT2D eigenvalue weighted by Gasteiger charge is 2.00. The van der Waals surface area contributed by atoms with Crippen LogP contribution in [0.15, 0.2) is 18.2 Å². The van der Waals surface area contributed by atoms with Crippen molar-refractivity contribution in [3.05, 3.63) is 18.2 Å². The molecule has 0 aromatic heterocycles. The SMILES string of the molecule is COc1cc(NCCN)cc(OC)c1. The van der Waals surface area contributed by atoms with Crippen molar-refractivity contribution in [1.29, 1.82) is 0 Å². The third-order valence-corrected chi connectivity index (χ3v) is 1.82. The first kappa shape index (κ1) is 10.7. The molecule has 78 valence electrons. The Labute approximate surface area is 84.0 Å². The Morgan fingerprint density at radius 2 is 1.71 bits per heavy atom. The van der Waals surface area contributed by atoms with E-state index in [4.69, 9.17) is 15.2 Å². The van der Waals surface area contributed by atoms with Gasteiger partial charge in [-0.2, -0.15) is 0 Å². The van der Waals surface area contributed by atoms with Gasteiger partial charge in [0.2, 0.25) is 0 Å². The largest absolute Gasteiger partial charge is 0.497 e. The molecule has 0 fully saturated rings. The fraction of sp³-hybridized carbons (Fsp3) is 0.400. The lowest BCUT2D eigenvalue weighted by molar-refractivity contribution is 0.394. The van der Waals surface area contributed by atoms with Crippen molar-refractivity contribution in [3.8, 4) is 11.5 Å². The van der Waals surface area contributed by atoms with Crippen molar-refractivity contribution >= 4 is 5.69 Å². The van der Waals surface area contributed by atoms with Gasteiger partial charge in [0.05, 0.1) is 14.2 Å². The lowest BCUT2D eigenvalue weighted by atomic mass is 10.2. The molecule has 4 nitrogen and oxygen atoms in total. The standard InChI is InChI=1S/C10H16N2O2/c1-13-9-5-8(12-4-3-11)6-10(7-9)14-2/h5-7,12H,3-4,11H2,1-2H3. The summed E-state index contributed by atoms with van der Waals surface area (Å²) in [6.45, 7) is 1.33. The van der Waals surface area contributed by atoms with E-state index in [1.165, 1.54) is 0 Å². The number of anilines is 1. The number of nitrogens with one attached hydrogen (secondary N) is 1. The lowest BCUT2D eigenvalue weighted by Crippen LogP contribution is -2.13. The van der Waals surface area contributed by atoms with Crippen LogP contribution in [-0.4, -0.2) is 27.3 Å². The summed E-state index contributed by atoms with van der Waals surface area (Å²) >= 11 is 0. The third-order valence-electron chi connectivity index (χ3n) is 1.82. The molecule has 0 amide bonds. The number of benzene rings is 1. The summed E-state index contributed by atoms with van der Waals surface area (Å²) in [5.74, 6) is 1.53. The second-order valence-corrected chi connectivity index (χ2v) is 2.82. The molecule has 1 aromatic carbocycles. The molecule has 0 saturated carbocycles. The van der Waals surface area contributed by atoms with Crippen molar-refractivity contribution in [3.63, 3.8) is 0 Å². The van der Waals surface area contributed by atoms with Crippen LogP contribution in [0.2, 0.25) is 0 Å². The summed E-state index contributed by atoms with van der Waals surface area (Å²) in [5.41, 5.74) is 6.34. The molecule has 3 N–H and O–H groups in total. The van der Waals surface area contributed by atoms with Crippen molar-refractivity contribution in [1.82, 2.24) is 0 Å². The van der Waals surface area contributed by atoms with Crippen LogP contribution in [0.4, 0.5) is 5.69 Å². The molecule has 4 heteroatoms. The van der Waals surface area contributed by atoms with E-state index in [2.05, 4.69) is 5.32 Å². The van der Waals surface area contributed by atoms with E-state index < -0.39 is 0 Å². The molecule has 0 bridgehead atoms. The van der Waals surface area contributed by atoms with Gasteiger partial charge in [0.1, 0.15) is 11.5 Å². The van der Waals surface area contributed by atoms with Crippen LogP contribution in [0.3, 0.4) is 0 Å². The molecule has 14 heavy (non-hydrogen) atoms. The second kappa shape index (κ2) is 5.34. The first-order valence-corrected chi connectivity index (χ1v) is 4.47. The first-order chi connectivity index (χ1) is 6.80. The van der Waals surface area contributed by atoms with E-state index >= 15 is 0 Å². The maximum Gasteiger partial charge on any atom is 0.124 e. The zero-order chi connectivity index (χ0) is 10.4. The quantitative estimate of drug-likeness (QED) is 0.739. The van der Waals surface area contributed by atoms with Crippen LogP contribution >= 0.6 is 0 Å². The Hall–Kier alpha value is -1.42. The molecule has 1 rings (SSSR count). The molecular formula is C10H16N2O2. The van der Waals surface area contributed by atoms with Crippen molar-refractivity contribution in [2.45, 2.75) is 0 Å². The lowest BCUT2D eigenvalue weighted by Gasteiger charge is -2.09. The van der Waals surface area contributed by atoms with Gasteiger partial charge >= 0.3 is 0 Å². The number of hydrogen-bond donors (Lipinski definition) is 2. The van der Waals surface area contributed by atoms with Gasteiger partial charge in [-0.25, -0.2) is 0 Å². The Balaban J connectivity index is 2.81. The van der Waals surface area contributed by atoms with Crippen LogP contribution in [-0.2, 0) is 0 Å². The maximum atomic E-state index is 5.39. The predicted octanol–water partition coefficient (Wildman–Crippen LogP) is 1.07. The van der Waals surface area contributed by atoms with Crippen LogP contribution in [0, 0.1) is 0 Å². The Morgan fingerprint density at radius 1 is 1.14 bits per heavy atom. The monoisotopic (exact) mass is 196 g/mol. The van der Waals surface area contributed by atoms with Gasteiger partial charge in [0.25, 0.3) is 0 Å². The Morgan fingerprint density at radius 3 is 2.14 bits per heavy atom. The molecule has 0 aliphatic rings. The summed E-state index contributed by atoms with van der Waals surface area (Å²) in [4.78, 5) is 0. The van der Waals surface area contributed by atoms with Crippen molar-refractivity contribution in [2.75, 3.05) is 32.6 Å². The van der Waals surface area contributed by atoms with Gasteiger partial charge in [-0.05, 0) is 0 Å². The number of ether oxygens (including phenoxy) is 2. The minimum absolute atomic E-state index is 0.597. The highest BCUT2D eigenvalue weighted by molar-refractivity contribution is 5.53. The van der Waals surface area contributed by atoms with E-state index in [0.717, 1.165) is 23.7 Å². The zero-order valence-corrected chi connectivity index (χ0v) is 8.54. The number of methoxy groups -OCH3 is 2. The van der Waals surface area contributed by atoms with Gasteiger partial charge in [0.15, 0.2) is 0 Å². The fourth-order valence-electron chi connectivity index (χ4n) is 1.13. The molecule has 1 aromatic rings. The highest BCUT2D eigenvalue weighted by atomic mass is 16.5. The number of rotatable bonds is 5. The van der Waals surface area contributed by atoms with Gasteiger partial charge in [-0.3, -0.25) is 0 Å². The van der Waals surface area contributed by atoms with Gasteiger partial charge in [-0.15, -0.1) is 0 Å². The van der Waals surface area contributed by atoms with Gasteiger partial charge < -0.3 is 20.5 Å². The number of hydrogen-bond acceptors (Lipinski definition) is 4. The molecular weight excluding hydrogens is 180 g/mol. The van der Waals surface area contributed by atoms with Gasteiger partial charge in [-0.1, -0.05) is 0 Å². The molecule has 0 saturated heterocycles. The van der Waals surface area contributed by atoms with Crippen molar-refractivity contribution < 1.29 is 9.47 Å². The second-order valence-electron chi connectivity index (χ2n) is 2.82. The smallest absolute Gasteiger partial charge is 0.124 e. The number of nitrogens with two attached hydrogens (primary N) is 1. The van der Waals surface area contributed by atoms with E-state index in [0.29, 0.717) is 6.54 Å². The molecule has 0 heterocycles. The maximum absolute atomic E-state index is 5.39. The summed E-state index contributed by atoms with van der Waals surface area (Å²) in [6.07, 6.45) is 0.